The van der Waals surface area contributed by atoms with Crippen LogP contribution >= 0.6 is 0 Å². The van der Waals surface area contributed by atoms with Crippen molar-refractivity contribution in [1.29, 1.82) is 0 Å². The number of carboxylic acids is 1. The summed E-state index contributed by atoms with van der Waals surface area (Å²) in [7, 11) is 0. The van der Waals surface area contributed by atoms with Gasteiger partial charge in [0.15, 0.2) is 0 Å². The van der Waals surface area contributed by atoms with Crippen molar-refractivity contribution in [2.24, 2.45) is 11.1 Å². The summed E-state index contributed by atoms with van der Waals surface area (Å²) in [6.07, 6.45) is 4.50. The third-order valence-corrected chi connectivity index (χ3v) is 5.73. The molecule has 9 heteroatoms. The molecule has 170 valence electrons. The maximum absolute atomic E-state index is 13.0. The van der Waals surface area contributed by atoms with E-state index in [1.165, 1.54) is 6.92 Å². The molecule has 2 amide bonds. The molecule has 2 atom stereocenters. The van der Waals surface area contributed by atoms with Gasteiger partial charge in [0.2, 0.25) is 11.8 Å². The smallest absolute Gasteiger partial charge is 0.326 e. The van der Waals surface area contributed by atoms with E-state index >= 15 is 0 Å². The predicted octanol–water partition coefficient (Wildman–Crippen LogP) is 0.823. The lowest BCUT2D eigenvalue weighted by atomic mass is 9.81. The number of carbonyl (C=O) groups excluding carboxylic acids is 3. The normalized spacial score (nSPS) is 16.7. The number of hydrogen-bond acceptors (Lipinski definition) is 6. The maximum atomic E-state index is 13.0. The summed E-state index contributed by atoms with van der Waals surface area (Å²) in [4.78, 5) is 46.6. The molecule has 2 rings (SSSR count). The fourth-order valence-electron chi connectivity index (χ4n) is 3.91. The van der Waals surface area contributed by atoms with Gasteiger partial charge in [-0.3, -0.25) is 9.59 Å². The Balaban J connectivity index is 1.99. The lowest BCUT2D eigenvalue weighted by Crippen LogP contribution is -2.49. The fraction of sp³-hybridized carbons (Fsp3) is 0.545. The van der Waals surface area contributed by atoms with Crippen molar-refractivity contribution in [3.63, 3.8) is 0 Å². The van der Waals surface area contributed by atoms with Crippen LogP contribution in [-0.4, -0.2) is 54.3 Å². The minimum atomic E-state index is -1.09. The van der Waals surface area contributed by atoms with Crippen LogP contribution < -0.4 is 21.7 Å². The highest BCUT2D eigenvalue weighted by atomic mass is 16.4. The number of carbonyl (C=O) groups is 4. The van der Waals surface area contributed by atoms with Crippen LogP contribution in [0.5, 0.6) is 0 Å². The summed E-state index contributed by atoms with van der Waals surface area (Å²) >= 11 is 0. The Labute approximate surface area is 182 Å². The van der Waals surface area contributed by atoms with E-state index in [-0.39, 0.29) is 18.2 Å². The van der Waals surface area contributed by atoms with Crippen LogP contribution in [0.3, 0.4) is 0 Å². The van der Waals surface area contributed by atoms with Crippen LogP contribution in [-0.2, 0) is 25.6 Å². The van der Waals surface area contributed by atoms with E-state index in [2.05, 4.69) is 16.0 Å². The highest BCUT2D eigenvalue weighted by Gasteiger charge is 2.42. The van der Waals surface area contributed by atoms with Crippen LogP contribution in [0, 0.1) is 5.41 Å². The van der Waals surface area contributed by atoms with E-state index in [4.69, 9.17) is 5.73 Å². The van der Waals surface area contributed by atoms with Crippen molar-refractivity contribution in [3.8, 4) is 0 Å². The summed E-state index contributed by atoms with van der Waals surface area (Å²) < 4.78 is 0. The number of carboxylic acid groups (broad SMARTS) is 1. The number of benzene rings is 1. The number of aliphatic carboxylic acids is 1. The number of anilines is 1. The second-order valence-electron chi connectivity index (χ2n) is 8.17. The first-order valence-corrected chi connectivity index (χ1v) is 10.6. The number of aldehydes is 1. The van der Waals surface area contributed by atoms with Crippen molar-refractivity contribution in [3.05, 3.63) is 29.8 Å². The van der Waals surface area contributed by atoms with Gasteiger partial charge in [-0.05, 0) is 37.0 Å². The van der Waals surface area contributed by atoms with Crippen molar-refractivity contribution in [2.75, 3.05) is 18.4 Å². The molecule has 1 aromatic carbocycles. The van der Waals surface area contributed by atoms with Gasteiger partial charge in [-0.15, -0.1) is 0 Å². The molecule has 9 nitrogen and oxygen atoms in total. The molecule has 0 heterocycles. The van der Waals surface area contributed by atoms with Gasteiger partial charge >= 0.3 is 5.97 Å². The van der Waals surface area contributed by atoms with Gasteiger partial charge in [0.1, 0.15) is 12.3 Å². The minimum Gasteiger partial charge on any atom is -0.480 e. The van der Waals surface area contributed by atoms with E-state index < -0.39 is 23.5 Å². The molecule has 0 spiro atoms. The molecule has 0 aromatic heterocycles. The van der Waals surface area contributed by atoms with Crippen molar-refractivity contribution < 1.29 is 24.3 Å². The number of nitrogens with two attached hydrogens (primary N) is 1. The molecule has 0 bridgehead atoms. The van der Waals surface area contributed by atoms with Crippen LogP contribution in [0.4, 0.5) is 5.69 Å². The molecular weight excluding hydrogens is 400 g/mol. The molecule has 1 fully saturated rings. The van der Waals surface area contributed by atoms with Gasteiger partial charge in [0.25, 0.3) is 0 Å². The third kappa shape index (κ3) is 7.36. The van der Waals surface area contributed by atoms with Crippen molar-refractivity contribution in [2.45, 2.75) is 57.5 Å². The molecular formula is C22H32N4O5. The summed E-state index contributed by atoms with van der Waals surface area (Å²) in [5.74, 6) is -1.51. The molecule has 0 radical (unpaired) electrons. The van der Waals surface area contributed by atoms with E-state index in [1.807, 2.05) is 0 Å². The number of nitrogens with one attached hydrogen (secondary N) is 3. The number of rotatable bonds is 12. The fourth-order valence-corrected chi connectivity index (χ4v) is 3.91. The SMILES string of the molecule is CC(=O)NCCC1(C(=O)N[C@@H](Cc2ccc(NC[C@@H](N)C=O)cc2)C(=O)O)CCCC1. The Bertz CT molecular complexity index is 775. The second-order valence-corrected chi connectivity index (χ2v) is 8.17. The summed E-state index contributed by atoms with van der Waals surface area (Å²) in [5, 5.41) is 18.1. The topological polar surface area (TPSA) is 151 Å². The zero-order valence-corrected chi connectivity index (χ0v) is 17.9. The Hall–Kier alpha value is -2.94. The van der Waals surface area contributed by atoms with Crippen molar-refractivity contribution >= 4 is 29.8 Å². The van der Waals surface area contributed by atoms with Crippen LogP contribution in [0.2, 0.25) is 0 Å². The largest absolute Gasteiger partial charge is 0.480 e. The van der Waals surface area contributed by atoms with Gasteiger partial charge in [-0.2, -0.15) is 0 Å². The van der Waals surface area contributed by atoms with Crippen molar-refractivity contribution in [1.82, 2.24) is 10.6 Å². The first-order valence-electron chi connectivity index (χ1n) is 10.6. The number of hydrogen-bond donors (Lipinski definition) is 5. The van der Waals surface area contributed by atoms with E-state index in [9.17, 15) is 24.3 Å². The summed E-state index contributed by atoms with van der Waals surface area (Å²) in [6.45, 7) is 2.12. The van der Waals surface area contributed by atoms with Gasteiger partial charge in [0.05, 0.1) is 11.5 Å². The van der Waals surface area contributed by atoms with E-state index in [0.29, 0.717) is 38.6 Å². The minimum absolute atomic E-state index is 0.150. The molecule has 1 aromatic rings. The van der Waals surface area contributed by atoms with Crippen LogP contribution in [0.25, 0.3) is 0 Å². The quantitative estimate of drug-likeness (QED) is 0.307. The Morgan fingerprint density at radius 2 is 1.84 bits per heavy atom. The predicted molar refractivity (Wildman–Crippen MR) is 116 cm³/mol. The van der Waals surface area contributed by atoms with E-state index in [1.54, 1.807) is 24.3 Å². The van der Waals surface area contributed by atoms with Gasteiger partial charge in [-0.1, -0.05) is 25.0 Å². The highest BCUT2D eigenvalue weighted by Crippen LogP contribution is 2.41. The van der Waals surface area contributed by atoms with Crippen LogP contribution in [0.1, 0.15) is 44.6 Å². The Morgan fingerprint density at radius 3 is 2.39 bits per heavy atom. The molecule has 31 heavy (non-hydrogen) atoms. The zero-order chi connectivity index (χ0) is 22.9. The average Bonchev–Trinajstić information content (AvgIpc) is 3.22. The third-order valence-electron chi connectivity index (χ3n) is 5.73. The maximum Gasteiger partial charge on any atom is 0.326 e. The highest BCUT2D eigenvalue weighted by molar-refractivity contribution is 5.88. The average molecular weight is 433 g/mol. The first-order chi connectivity index (χ1) is 14.8. The van der Waals surface area contributed by atoms with Gasteiger partial charge in [0, 0.05) is 32.1 Å². The Kier molecular flexibility index (Phi) is 8.99. The standard InChI is InChI=1S/C22H32N4O5/c1-15(28)24-11-10-22(8-2-3-9-22)21(31)26-19(20(29)30)12-16-4-6-18(7-5-16)25-13-17(23)14-27/h4-7,14,17,19,25H,2-3,8-13,23H2,1H3,(H,24,28)(H,26,31)(H,29,30)/t17-,19+/m1/s1. The van der Waals surface area contributed by atoms with Gasteiger partial charge in [-0.25, -0.2) is 4.79 Å². The zero-order valence-electron chi connectivity index (χ0n) is 17.9. The molecule has 0 aliphatic heterocycles. The Morgan fingerprint density at radius 1 is 1.19 bits per heavy atom. The molecule has 1 aliphatic rings. The molecule has 0 saturated heterocycles. The number of amides is 2. The lowest BCUT2D eigenvalue weighted by Gasteiger charge is -2.29. The van der Waals surface area contributed by atoms with E-state index in [0.717, 1.165) is 24.1 Å². The first kappa shape index (κ1) is 24.3. The molecule has 1 saturated carbocycles. The summed E-state index contributed by atoms with van der Waals surface area (Å²) in [5.41, 5.74) is 6.43. The lowest BCUT2D eigenvalue weighted by molar-refractivity contribution is -0.144. The van der Waals surface area contributed by atoms with Gasteiger partial charge < -0.3 is 31.6 Å². The monoisotopic (exact) mass is 432 g/mol. The second kappa shape index (κ2) is 11.5. The van der Waals surface area contributed by atoms with Crippen LogP contribution in [0.15, 0.2) is 24.3 Å². The summed E-state index contributed by atoms with van der Waals surface area (Å²) in [6, 6.07) is 5.46. The molecule has 6 N–H and O–H groups in total. The molecule has 0 unspecified atom stereocenters. The molecule has 1 aliphatic carbocycles.